The Hall–Kier alpha value is -1.07. The molecule has 1 saturated carbocycles. The first-order valence-electron chi connectivity index (χ1n) is 8.69. The average Bonchev–Trinajstić information content (AvgIpc) is 3.21. The fourth-order valence-electron chi connectivity index (χ4n) is 4.04. The minimum atomic E-state index is 0.111. The van der Waals surface area contributed by atoms with Crippen molar-refractivity contribution >= 4 is 17.7 Å². The van der Waals surface area contributed by atoms with Crippen molar-refractivity contribution in [2.24, 2.45) is 5.92 Å². The van der Waals surface area contributed by atoms with Gasteiger partial charge < -0.3 is 9.64 Å². The van der Waals surface area contributed by atoms with E-state index in [-0.39, 0.29) is 10.7 Å². The number of likely N-dealkylation sites (tertiary alicyclic amines) is 1. The van der Waals surface area contributed by atoms with E-state index < -0.39 is 0 Å². The third kappa shape index (κ3) is 3.26. The van der Waals surface area contributed by atoms with Gasteiger partial charge in [0.1, 0.15) is 0 Å². The molecule has 1 aliphatic carbocycles. The molecule has 3 aliphatic rings. The molecule has 23 heavy (non-hydrogen) atoms. The summed E-state index contributed by atoms with van der Waals surface area (Å²) in [6.45, 7) is 2.66. The fourth-order valence-corrected chi connectivity index (χ4v) is 5.60. The van der Waals surface area contributed by atoms with Crippen molar-refractivity contribution < 1.29 is 9.53 Å². The summed E-state index contributed by atoms with van der Waals surface area (Å²) >= 11 is 2.00. The van der Waals surface area contributed by atoms with Gasteiger partial charge in [0.15, 0.2) is 0 Å². The standard InChI is InChI=1S/C18H24N2O2S/c21-17(15-6-3-7-19-9-15)20-12-18(13-20)8-16(11-23-18)22-10-14-4-1-2-5-14/h3,6-7,9,14,16H,1-2,4-5,8,10-13H2/t16-/m1/s1. The zero-order valence-corrected chi connectivity index (χ0v) is 14.3. The highest BCUT2D eigenvalue weighted by atomic mass is 32.2. The second-order valence-electron chi connectivity index (χ2n) is 7.21. The number of ether oxygens (including phenoxy) is 1. The van der Waals surface area contributed by atoms with E-state index in [1.54, 1.807) is 12.4 Å². The molecule has 2 saturated heterocycles. The van der Waals surface area contributed by atoms with Gasteiger partial charge in [0.05, 0.1) is 16.4 Å². The highest BCUT2D eigenvalue weighted by molar-refractivity contribution is 8.01. The zero-order valence-electron chi connectivity index (χ0n) is 13.4. The van der Waals surface area contributed by atoms with Crippen LogP contribution in [0.4, 0.5) is 0 Å². The minimum absolute atomic E-state index is 0.111. The molecule has 124 valence electrons. The second kappa shape index (κ2) is 6.44. The van der Waals surface area contributed by atoms with Crippen LogP contribution in [0.25, 0.3) is 0 Å². The Labute approximate surface area is 142 Å². The topological polar surface area (TPSA) is 42.4 Å². The van der Waals surface area contributed by atoms with Crippen LogP contribution in [0.3, 0.4) is 0 Å². The molecule has 1 aromatic rings. The number of carbonyl (C=O) groups is 1. The van der Waals surface area contributed by atoms with E-state index in [0.29, 0.717) is 11.7 Å². The second-order valence-corrected chi connectivity index (χ2v) is 8.69. The highest BCUT2D eigenvalue weighted by Gasteiger charge is 2.51. The lowest BCUT2D eigenvalue weighted by Crippen LogP contribution is -2.60. The first-order chi connectivity index (χ1) is 11.2. The molecule has 0 N–H and O–H groups in total. The summed E-state index contributed by atoms with van der Waals surface area (Å²) in [5.41, 5.74) is 0.694. The van der Waals surface area contributed by atoms with Crippen LogP contribution in [-0.2, 0) is 4.74 Å². The number of amides is 1. The van der Waals surface area contributed by atoms with E-state index in [1.807, 2.05) is 28.8 Å². The SMILES string of the molecule is O=C(c1cccnc1)N1CC2(C[C@@H](OCC3CCCC3)CS2)C1. The average molecular weight is 332 g/mol. The summed E-state index contributed by atoms with van der Waals surface area (Å²) in [6, 6.07) is 3.66. The van der Waals surface area contributed by atoms with Crippen molar-refractivity contribution in [3.8, 4) is 0 Å². The number of nitrogens with zero attached hydrogens (tertiary/aromatic N) is 2. The summed E-state index contributed by atoms with van der Waals surface area (Å²) in [7, 11) is 0. The molecule has 1 amide bonds. The molecule has 4 rings (SSSR count). The maximum Gasteiger partial charge on any atom is 0.255 e. The Morgan fingerprint density at radius 2 is 2.22 bits per heavy atom. The smallest absolute Gasteiger partial charge is 0.255 e. The Morgan fingerprint density at radius 3 is 2.96 bits per heavy atom. The molecule has 5 heteroatoms. The number of pyridine rings is 1. The summed E-state index contributed by atoms with van der Waals surface area (Å²) in [5.74, 6) is 1.99. The third-order valence-corrected chi connectivity index (χ3v) is 6.95. The van der Waals surface area contributed by atoms with Crippen LogP contribution >= 0.6 is 11.8 Å². The lowest BCUT2D eigenvalue weighted by Gasteiger charge is -2.47. The Morgan fingerprint density at radius 1 is 1.39 bits per heavy atom. The van der Waals surface area contributed by atoms with Crippen molar-refractivity contribution in [1.82, 2.24) is 9.88 Å². The van der Waals surface area contributed by atoms with Gasteiger partial charge in [-0.25, -0.2) is 0 Å². The van der Waals surface area contributed by atoms with Crippen LogP contribution in [0.1, 0.15) is 42.5 Å². The summed E-state index contributed by atoms with van der Waals surface area (Å²) < 4.78 is 6.41. The molecule has 4 nitrogen and oxygen atoms in total. The number of rotatable bonds is 4. The fraction of sp³-hybridized carbons (Fsp3) is 0.667. The van der Waals surface area contributed by atoms with Crippen LogP contribution < -0.4 is 0 Å². The maximum atomic E-state index is 12.4. The monoisotopic (exact) mass is 332 g/mol. The lowest BCUT2D eigenvalue weighted by atomic mass is 9.92. The first kappa shape index (κ1) is 15.5. The first-order valence-corrected chi connectivity index (χ1v) is 9.68. The molecule has 1 atom stereocenters. The van der Waals surface area contributed by atoms with Crippen molar-refractivity contribution in [3.05, 3.63) is 30.1 Å². The van der Waals surface area contributed by atoms with Gasteiger partial charge in [0.25, 0.3) is 5.91 Å². The Kier molecular flexibility index (Phi) is 4.33. The molecule has 2 aliphatic heterocycles. The molecule has 1 spiro atoms. The van der Waals surface area contributed by atoms with Crippen molar-refractivity contribution in [3.63, 3.8) is 0 Å². The third-order valence-electron chi connectivity index (χ3n) is 5.37. The quantitative estimate of drug-likeness (QED) is 0.850. The van der Waals surface area contributed by atoms with Gasteiger partial charge in [-0.2, -0.15) is 0 Å². The molecule has 0 bridgehead atoms. The van der Waals surface area contributed by atoms with Crippen LogP contribution in [0.5, 0.6) is 0 Å². The van der Waals surface area contributed by atoms with E-state index >= 15 is 0 Å². The van der Waals surface area contributed by atoms with E-state index in [2.05, 4.69) is 4.98 Å². The molecular weight excluding hydrogens is 308 g/mol. The Bertz CT molecular complexity index is 553. The Balaban J connectivity index is 1.25. The van der Waals surface area contributed by atoms with E-state index in [0.717, 1.165) is 37.8 Å². The normalized spacial score (nSPS) is 26.6. The summed E-state index contributed by atoms with van der Waals surface area (Å²) in [5, 5.41) is 0. The number of hydrogen-bond donors (Lipinski definition) is 0. The van der Waals surface area contributed by atoms with Crippen LogP contribution in [0.15, 0.2) is 24.5 Å². The zero-order chi connectivity index (χ0) is 15.7. The van der Waals surface area contributed by atoms with Crippen LogP contribution in [0, 0.1) is 5.92 Å². The predicted octanol–water partition coefficient (Wildman–Crippen LogP) is 2.99. The maximum absolute atomic E-state index is 12.4. The highest BCUT2D eigenvalue weighted by Crippen LogP contribution is 2.46. The van der Waals surface area contributed by atoms with E-state index in [9.17, 15) is 4.79 Å². The lowest BCUT2D eigenvalue weighted by molar-refractivity contribution is 0.0197. The van der Waals surface area contributed by atoms with Crippen molar-refractivity contribution in [2.45, 2.75) is 43.0 Å². The molecular formula is C18H24N2O2S. The van der Waals surface area contributed by atoms with Gasteiger partial charge in [0, 0.05) is 37.8 Å². The van der Waals surface area contributed by atoms with Gasteiger partial charge in [-0.1, -0.05) is 12.8 Å². The largest absolute Gasteiger partial charge is 0.377 e. The van der Waals surface area contributed by atoms with Gasteiger partial charge in [-0.05, 0) is 37.3 Å². The van der Waals surface area contributed by atoms with Gasteiger partial charge in [-0.3, -0.25) is 9.78 Å². The minimum Gasteiger partial charge on any atom is -0.377 e. The summed E-state index contributed by atoms with van der Waals surface area (Å²) in [6.07, 6.45) is 10.3. The molecule has 3 fully saturated rings. The molecule has 0 radical (unpaired) electrons. The molecule has 1 aromatic heterocycles. The van der Waals surface area contributed by atoms with E-state index in [1.165, 1.54) is 25.7 Å². The van der Waals surface area contributed by atoms with Crippen LogP contribution in [-0.4, -0.2) is 52.1 Å². The number of carbonyl (C=O) groups excluding carboxylic acids is 1. The van der Waals surface area contributed by atoms with Gasteiger partial charge in [0.2, 0.25) is 0 Å². The van der Waals surface area contributed by atoms with Crippen molar-refractivity contribution in [1.29, 1.82) is 0 Å². The van der Waals surface area contributed by atoms with Crippen LogP contribution in [0.2, 0.25) is 0 Å². The summed E-state index contributed by atoms with van der Waals surface area (Å²) in [4.78, 5) is 18.4. The number of hydrogen-bond acceptors (Lipinski definition) is 4. The van der Waals surface area contributed by atoms with Gasteiger partial charge >= 0.3 is 0 Å². The van der Waals surface area contributed by atoms with Gasteiger partial charge in [-0.15, -0.1) is 11.8 Å². The molecule has 0 aromatic carbocycles. The van der Waals surface area contributed by atoms with E-state index in [4.69, 9.17) is 4.74 Å². The number of aromatic nitrogens is 1. The molecule has 0 unspecified atom stereocenters. The number of thioether (sulfide) groups is 1. The molecule has 3 heterocycles. The predicted molar refractivity (Wildman–Crippen MR) is 91.6 cm³/mol. The van der Waals surface area contributed by atoms with Crippen molar-refractivity contribution in [2.75, 3.05) is 25.4 Å².